The molecule has 1 aliphatic rings. The van der Waals surface area contributed by atoms with Crippen molar-refractivity contribution in [3.63, 3.8) is 0 Å². The van der Waals surface area contributed by atoms with E-state index in [4.69, 9.17) is 5.73 Å². The molecular formula is C12H19N3OS. The van der Waals surface area contributed by atoms with Crippen LogP contribution in [-0.2, 0) is 4.79 Å². The minimum Gasteiger partial charge on any atom is -0.346 e. The molecule has 94 valence electrons. The molecule has 1 atom stereocenters. The fraction of sp³-hybridized carbons (Fsp3) is 0.667. The monoisotopic (exact) mass is 253 g/mol. The van der Waals surface area contributed by atoms with Gasteiger partial charge in [0.05, 0.1) is 11.6 Å². The summed E-state index contributed by atoms with van der Waals surface area (Å²) in [5.41, 5.74) is 6.45. The van der Waals surface area contributed by atoms with Crippen LogP contribution in [0, 0.1) is 6.92 Å². The molecule has 1 heterocycles. The van der Waals surface area contributed by atoms with E-state index in [1.165, 1.54) is 0 Å². The van der Waals surface area contributed by atoms with Gasteiger partial charge in [-0.05, 0) is 26.7 Å². The summed E-state index contributed by atoms with van der Waals surface area (Å²) < 4.78 is 0. The van der Waals surface area contributed by atoms with Gasteiger partial charge < -0.3 is 11.1 Å². The van der Waals surface area contributed by atoms with Crippen LogP contribution in [-0.4, -0.2) is 16.4 Å². The number of nitrogens with one attached hydrogen (secondary N) is 1. The van der Waals surface area contributed by atoms with Gasteiger partial charge in [0.25, 0.3) is 0 Å². The quantitative estimate of drug-likeness (QED) is 0.864. The molecule has 2 rings (SSSR count). The van der Waals surface area contributed by atoms with Gasteiger partial charge in [0.2, 0.25) is 5.91 Å². The molecule has 1 unspecified atom stereocenters. The highest BCUT2D eigenvalue weighted by atomic mass is 32.1. The van der Waals surface area contributed by atoms with Crippen molar-refractivity contribution in [3.8, 4) is 0 Å². The van der Waals surface area contributed by atoms with E-state index >= 15 is 0 Å². The second kappa shape index (κ2) is 4.74. The normalized spacial score (nSPS) is 20.2. The van der Waals surface area contributed by atoms with E-state index in [1.807, 2.05) is 19.2 Å². The lowest BCUT2D eigenvalue weighted by Crippen LogP contribution is -2.52. The average molecular weight is 253 g/mol. The van der Waals surface area contributed by atoms with Crippen LogP contribution in [0.3, 0.4) is 0 Å². The Kier molecular flexibility index (Phi) is 3.49. The lowest BCUT2D eigenvalue weighted by Gasteiger charge is -2.24. The summed E-state index contributed by atoms with van der Waals surface area (Å²) >= 11 is 1.57. The van der Waals surface area contributed by atoms with E-state index < -0.39 is 5.54 Å². The van der Waals surface area contributed by atoms with Crippen molar-refractivity contribution in [1.29, 1.82) is 0 Å². The van der Waals surface area contributed by atoms with E-state index in [2.05, 4.69) is 10.3 Å². The van der Waals surface area contributed by atoms with Crippen LogP contribution in [0.25, 0.3) is 0 Å². The Morgan fingerprint density at radius 1 is 1.59 bits per heavy atom. The molecule has 1 aliphatic carbocycles. The van der Waals surface area contributed by atoms with Crippen molar-refractivity contribution >= 4 is 17.2 Å². The van der Waals surface area contributed by atoms with Crippen LogP contribution in [0.5, 0.6) is 0 Å². The molecule has 1 aromatic rings. The third-order valence-electron chi connectivity index (χ3n) is 3.30. The molecule has 4 nitrogen and oxygen atoms in total. The van der Waals surface area contributed by atoms with Crippen LogP contribution < -0.4 is 11.1 Å². The number of aromatic nitrogens is 1. The third kappa shape index (κ3) is 2.66. The molecule has 0 aliphatic heterocycles. The molecule has 1 saturated carbocycles. The Balaban J connectivity index is 1.99. The van der Waals surface area contributed by atoms with Crippen LogP contribution in [0.1, 0.15) is 49.4 Å². The first-order chi connectivity index (χ1) is 8.01. The molecular weight excluding hydrogens is 234 g/mol. The van der Waals surface area contributed by atoms with Gasteiger partial charge >= 0.3 is 0 Å². The first kappa shape index (κ1) is 12.5. The zero-order valence-corrected chi connectivity index (χ0v) is 11.1. The number of aryl methyl sites for hydroxylation is 1. The first-order valence-electron chi connectivity index (χ1n) is 6.03. The summed E-state index contributed by atoms with van der Waals surface area (Å²) in [5, 5.41) is 5.91. The Labute approximate surface area is 106 Å². The predicted molar refractivity (Wildman–Crippen MR) is 68.8 cm³/mol. The van der Waals surface area contributed by atoms with E-state index in [0.29, 0.717) is 0 Å². The highest BCUT2D eigenvalue weighted by molar-refractivity contribution is 7.09. The second-order valence-corrected chi connectivity index (χ2v) is 5.78. The molecule has 17 heavy (non-hydrogen) atoms. The largest absolute Gasteiger partial charge is 0.346 e. The number of carbonyl (C=O) groups is 1. The lowest BCUT2D eigenvalue weighted by molar-refractivity contribution is -0.126. The van der Waals surface area contributed by atoms with Crippen LogP contribution >= 0.6 is 11.3 Å². The number of hydrogen-bond donors (Lipinski definition) is 2. The van der Waals surface area contributed by atoms with Crippen molar-refractivity contribution in [2.45, 2.75) is 51.1 Å². The average Bonchev–Trinajstić information content (AvgIpc) is 2.88. The highest BCUT2D eigenvalue weighted by Crippen LogP contribution is 2.28. The van der Waals surface area contributed by atoms with E-state index in [9.17, 15) is 4.79 Å². The summed E-state index contributed by atoms with van der Waals surface area (Å²) in [4.78, 5) is 16.5. The smallest absolute Gasteiger partial charge is 0.240 e. The number of nitrogens with two attached hydrogens (primary N) is 1. The molecule has 1 fully saturated rings. The molecule has 0 saturated heterocycles. The fourth-order valence-electron chi connectivity index (χ4n) is 2.21. The summed E-state index contributed by atoms with van der Waals surface area (Å²) in [6, 6.07) is -0.0535. The number of hydrogen-bond acceptors (Lipinski definition) is 4. The second-order valence-electron chi connectivity index (χ2n) is 4.89. The van der Waals surface area contributed by atoms with Crippen molar-refractivity contribution in [2.24, 2.45) is 5.73 Å². The van der Waals surface area contributed by atoms with Crippen LogP contribution in [0.4, 0.5) is 0 Å². The van der Waals surface area contributed by atoms with Gasteiger partial charge in [-0.3, -0.25) is 4.79 Å². The standard InChI is InChI=1S/C12H19N3OS/c1-8-7-17-10(14-8)9(2)15-11(16)12(13)5-3-4-6-12/h7,9H,3-6,13H2,1-2H3,(H,15,16). The van der Waals surface area contributed by atoms with E-state index in [-0.39, 0.29) is 11.9 Å². The summed E-state index contributed by atoms with van der Waals surface area (Å²) in [6.45, 7) is 3.91. The Morgan fingerprint density at radius 2 is 2.24 bits per heavy atom. The Morgan fingerprint density at radius 3 is 2.76 bits per heavy atom. The summed E-state index contributed by atoms with van der Waals surface area (Å²) in [7, 11) is 0. The van der Waals surface area contributed by atoms with Crippen molar-refractivity contribution in [2.75, 3.05) is 0 Å². The van der Waals surface area contributed by atoms with Crippen LogP contribution in [0.15, 0.2) is 5.38 Å². The van der Waals surface area contributed by atoms with Gasteiger partial charge in [-0.15, -0.1) is 11.3 Å². The maximum absolute atomic E-state index is 12.1. The number of carbonyl (C=O) groups excluding carboxylic acids is 1. The zero-order valence-electron chi connectivity index (χ0n) is 10.3. The van der Waals surface area contributed by atoms with Gasteiger partial charge in [-0.2, -0.15) is 0 Å². The van der Waals surface area contributed by atoms with Gasteiger partial charge in [0, 0.05) is 11.1 Å². The molecule has 3 N–H and O–H groups in total. The zero-order chi connectivity index (χ0) is 12.5. The summed E-state index contributed by atoms with van der Waals surface area (Å²) in [6.07, 6.45) is 3.69. The van der Waals surface area contributed by atoms with E-state index in [1.54, 1.807) is 11.3 Å². The predicted octanol–water partition coefficient (Wildman–Crippen LogP) is 1.90. The molecule has 1 amide bonds. The molecule has 1 aromatic heterocycles. The first-order valence-corrected chi connectivity index (χ1v) is 6.91. The highest BCUT2D eigenvalue weighted by Gasteiger charge is 2.37. The van der Waals surface area contributed by atoms with Crippen molar-refractivity contribution in [1.82, 2.24) is 10.3 Å². The fourth-order valence-corrected chi connectivity index (χ4v) is 3.01. The maximum atomic E-state index is 12.1. The number of amides is 1. The minimum absolute atomic E-state index is 0.0321. The molecule has 0 spiro atoms. The van der Waals surface area contributed by atoms with Crippen molar-refractivity contribution in [3.05, 3.63) is 16.1 Å². The van der Waals surface area contributed by atoms with Gasteiger partial charge in [-0.1, -0.05) is 12.8 Å². The third-order valence-corrected chi connectivity index (χ3v) is 4.45. The van der Waals surface area contributed by atoms with Gasteiger partial charge in [-0.25, -0.2) is 4.98 Å². The number of nitrogens with zero attached hydrogens (tertiary/aromatic N) is 1. The SMILES string of the molecule is Cc1csc(C(C)NC(=O)C2(N)CCCC2)n1. The molecule has 0 bridgehead atoms. The molecule has 0 radical (unpaired) electrons. The Hall–Kier alpha value is -0.940. The Bertz CT molecular complexity index is 410. The minimum atomic E-state index is -0.652. The lowest BCUT2D eigenvalue weighted by atomic mass is 9.98. The maximum Gasteiger partial charge on any atom is 0.240 e. The van der Waals surface area contributed by atoms with E-state index in [0.717, 1.165) is 36.4 Å². The molecule has 0 aromatic carbocycles. The number of thiazole rings is 1. The van der Waals surface area contributed by atoms with Crippen molar-refractivity contribution < 1.29 is 4.79 Å². The van der Waals surface area contributed by atoms with Gasteiger partial charge in [0.1, 0.15) is 5.01 Å². The summed E-state index contributed by atoms with van der Waals surface area (Å²) in [5.74, 6) is -0.0321. The topological polar surface area (TPSA) is 68.0 Å². The van der Waals surface area contributed by atoms with Gasteiger partial charge in [0.15, 0.2) is 0 Å². The number of rotatable bonds is 3. The molecule has 5 heteroatoms. The van der Waals surface area contributed by atoms with Crippen LogP contribution in [0.2, 0.25) is 0 Å².